The van der Waals surface area contributed by atoms with Gasteiger partial charge in [-0.2, -0.15) is 0 Å². The minimum atomic E-state index is -0.796. The van der Waals surface area contributed by atoms with Crippen LogP contribution in [0.1, 0.15) is 23.9 Å². The molecule has 0 bridgehead atoms. The molecular formula is C10H10FN3O. The molecule has 0 spiro atoms. The largest absolute Gasteiger partial charge is 0.323 e. The van der Waals surface area contributed by atoms with E-state index in [1.54, 1.807) is 17.5 Å². The Bertz CT molecular complexity index is 586. The van der Waals surface area contributed by atoms with Crippen LogP contribution >= 0.6 is 0 Å². The molecule has 2 heterocycles. The van der Waals surface area contributed by atoms with Crippen molar-refractivity contribution in [2.24, 2.45) is 0 Å². The predicted molar refractivity (Wildman–Crippen MR) is 52.8 cm³/mol. The highest BCUT2D eigenvalue weighted by Gasteiger charge is 2.41. The summed E-state index contributed by atoms with van der Waals surface area (Å²) in [6.45, 7) is 1.80. The normalized spacial score (nSPS) is 24.7. The standard InChI is InChI=1S/C10H10FN3O/c1-5-4-14-8(10(15)13-5)3-12-9(14)6-2-7(6)11/h3-4,6-7H,2H2,1H3,(H,13,15)/t6-,7+/m1/s1. The van der Waals surface area contributed by atoms with Crippen LogP contribution in [-0.2, 0) is 0 Å². The van der Waals surface area contributed by atoms with Gasteiger partial charge in [0.25, 0.3) is 5.56 Å². The van der Waals surface area contributed by atoms with Crippen molar-refractivity contribution in [2.45, 2.75) is 25.4 Å². The number of aromatic nitrogens is 3. The van der Waals surface area contributed by atoms with Gasteiger partial charge in [0.1, 0.15) is 17.5 Å². The second-order valence-electron chi connectivity index (χ2n) is 4.00. The fraction of sp³-hybridized carbons (Fsp3) is 0.400. The SMILES string of the molecule is Cc1cn2c([C@@H]3C[C@@H]3F)ncc2c(=O)[nH]1. The van der Waals surface area contributed by atoms with Gasteiger partial charge >= 0.3 is 0 Å². The third-order valence-electron chi connectivity index (χ3n) is 2.74. The molecule has 0 aromatic carbocycles. The van der Waals surface area contributed by atoms with Crippen molar-refractivity contribution in [3.8, 4) is 0 Å². The van der Waals surface area contributed by atoms with Gasteiger partial charge in [0, 0.05) is 11.9 Å². The highest BCUT2D eigenvalue weighted by Crippen LogP contribution is 2.42. The maximum Gasteiger partial charge on any atom is 0.274 e. The number of halogens is 1. The average molecular weight is 207 g/mol. The summed E-state index contributed by atoms with van der Waals surface area (Å²) in [7, 11) is 0. The molecular weight excluding hydrogens is 197 g/mol. The van der Waals surface area contributed by atoms with E-state index >= 15 is 0 Å². The van der Waals surface area contributed by atoms with Crippen LogP contribution in [0.2, 0.25) is 0 Å². The Hall–Kier alpha value is -1.65. The molecule has 78 valence electrons. The van der Waals surface area contributed by atoms with Gasteiger partial charge in [-0.15, -0.1) is 0 Å². The first-order valence-corrected chi connectivity index (χ1v) is 4.88. The summed E-state index contributed by atoms with van der Waals surface area (Å²) in [6.07, 6.45) is 3.00. The molecule has 0 unspecified atom stereocenters. The molecule has 0 saturated heterocycles. The highest BCUT2D eigenvalue weighted by atomic mass is 19.1. The first-order chi connectivity index (χ1) is 7.16. The molecule has 1 aliphatic carbocycles. The zero-order valence-electron chi connectivity index (χ0n) is 8.20. The lowest BCUT2D eigenvalue weighted by Crippen LogP contribution is -2.11. The van der Waals surface area contributed by atoms with Crippen LogP contribution in [0.25, 0.3) is 5.52 Å². The summed E-state index contributed by atoms with van der Waals surface area (Å²) in [5.41, 5.74) is 1.06. The maximum atomic E-state index is 12.9. The number of nitrogens with one attached hydrogen (secondary N) is 1. The molecule has 0 amide bonds. The van der Waals surface area contributed by atoms with Crippen LogP contribution in [-0.4, -0.2) is 20.5 Å². The Morgan fingerprint density at radius 1 is 1.67 bits per heavy atom. The zero-order chi connectivity index (χ0) is 10.6. The van der Waals surface area contributed by atoms with Crippen LogP contribution in [0.5, 0.6) is 0 Å². The molecule has 0 aliphatic heterocycles. The predicted octanol–water partition coefficient (Wildman–Crippen LogP) is 1.16. The molecule has 15 heavy (non-hydrogen) atoms. The topological polar surface area (TPSA) is 50.2 Å². The number of fused-ring (bicyclic) bond motifs is 1. The number of aryl methyl sites for hydroxylation is 1. The Kier molecular flexibility index (Phi) is 1.55. The first kappa shape index (κ1) is 8.64. The van der Waals surface area contributed by atoms with Gasteiger partial charge in [0.05, 0.1) is 12.1 Å². The van der Waals surface area contributed by atoms with E-state index in [0.717, 1.165) is 5.69 Å². The smallest absolute Gasteiger partial charge is 0.274 e. The van der Waals surface area contributed by atoms with Crippen LogP contribution in [0.3, 0.4) is 0 Å². The van der Waals surface area contributed by atoms with Gasteiger partial charge in [-0.3, -0.25) is 9.20 Å². The summed E-state index contributed by atoms with van der Waals surface area (Å²) in [5.74, 6) is 0.528. The minimum absolute atomic E-state index is 0.131. The minimum Gasteiger partial charge on any atom is -0.323 e. The van der Waals surface area contributed by atoms with Crippen molar-refractivity contribution in [1.82, 2.24) is 14.4 Å². The van der Waals surface area contributed by atoms with Crippen LogP contribution in [0, 0.1) is 6.92 Å². The molecule has 0 radical (unpaired) electrons. The first-order valence-electron chi connectivity index (χ1n) is 4.88. The molecule has 5 heteroatoms. The molecule has 4 nitrogen and oxygen atoms in total. The molecule has 2 aromatic rings. The quantitative estimate of drug-likeness (QED) is 0.762. The number of alkyl halides is 1. The second-order valence-corrected chi connectivity index (χ2v) is 4.00. The lowest BCUT2D eigenvalue weighted by molar-refractivity contribution is 0.464. The molecule has 2 atom stereocenters. The summed E-state index contributed by atoms with van der Waals surface area (Å²) < 4.78 is 14.6. The Morgan fingerprint density at radius 2 is 2.40 bits per heavy atom. The van der Waals surface area contributed by atoms with E-state index in [1.807, 2.05) is 0 Å². The van der Waals surface area contributed by atoms with E-state index in [1.165, 1.54) is 6.20 Å². The van der Waals surface area contributed by atoms with E-state index in [-0.39, 0.29) is 11.5 Å². The van der Waals surface area contributed by atoms with Crippen LogP contribution in [0.15, 0.2) is 17.2 Å². The van der Waals surface area contributed by atoms with Gasteiger partial charge in [0.15, 0.2) is 0 Å². The number of hydrogen-bond acceptors (Lipinski definition) is 2. The van der Waals surface area contributed by atoms with Crippen molar-refractivity contribution in [2.75, 3.05) is 0 Å². The van der Waals surface area contributed by atoms with E-state index in [9.17, 15) is 9.18 Å². The summed E-state index contributed by atoms with van der Waals surface area (Å²) in [4.78, 5) is 18.3. The van der Waals surface area contributed by atoms with Crippen molar-refractivity contribution >= 4 is 5.52 Å². The Balaban J connectivity index is 2.29. The molecule has 1 fully saturated rings. The van der Waals surface area contributed by atoms with E-state index in [0.29, 0.717) is 17.8 Å². The average Bonchev–Trinajstić information content (AvgIpc) is 2.74. The second kappa shape index (κ2) is 2.68. The number of hydrogen-bond donors (Lipinski definition) is 1. The van der Waals surface area contributed by atoms with Gasteiger partial charge in [-0.05, 0) is 13.3 Å². The van der Waals surface area contributed by atoms with Gasteiger partial charge in [-0.25, -0.2) is 9.37 Å². The third kappa shape index (κ3) is 1.19. The summed E-state index contributed by atoms with van der Waals surface area (Å²) in [5, 5.41) is 0. The summed E-state index contributed by atoms with van der Waals surface area (Å²) >= 11 is 0. The number of rotatable bonds is 1. The Labute approximate surface area is 84.8 Å². The molecule has 3 rings (SSSR count). The Morgan fingerprint density at radius 3 is 3.07 bits per heavy atom. The fourth-order valence-corrected chi connectivity index (χ4v) is 1.85. The van der Waals surface area contributed by atoms with Crippen LogP contribution < -0.4 is 5.56 Å². The lowest BCUT2D eigenvalue weighted by atomic mass is 10.4. The fourth-order valence-electron chi connectivity index (χ4n) is 1.85. The molecule has 1 aliphatic rings. The van der Waals surface area contributed by atoms with Crippen LogP contribution in [0.4, 0.5) is 4.39 Å². The number of H-pyrrole nitrogens is 1. The van der Waals surface area contributed by atoms with Gasteiger partial charge < -0.3 is 4.98 Å². The molecule has 1 N–H and O–H groups in total. The number of nitrogens with zero attached hydrogens (tertiary/aromatic N) is 2. The molecule has 2 aromatic heterocycles. The molecule has 1 saturated carbocycles. The highest BCUT2D eigenvalue weighted by molar-refractivity contribution is 5.45. The number of aromatic amines is 1. The van der Waals surface area contributed by atoms with Crippen molar-refractivity contribution < 1.29 is 4.39 Å². The van der Waals surface area contributed by atoms with E-state index < -0.39 is 6.17 Å². The van der Waals surface area contributed by atoms with Crippen molar-refractivity contribution in [1.29, 1.82) is 0 Å². The van der Waals surface area contributed by atoms with E-state index in [2.05, 4.69) is 9.97 Å². The number of imidazole rings is 1. The monoisotopic (exact) mass is 207 g/mol. The van der Waals surface area contributed by atoms with Crippen molar-refractivity contribution in [3.63, 3.8) is 0 Å². The van der Waals surface area contributed by atoms with Gasteiger partial charge in [-0.1, -0.05) is 0 Å². The van der Waals surface area contributed by atoms with Crippen molar-refractivity contribution in [3.05, 3.63) is 34.3 Å². The zero-order valence-corrected chi connectivity index (χ0v) is 8.20. The summed E-state index contributed by atoms with van der Waals surface area (Å²) in [6, 6.07) is 0. The lowest BCUT2D eigenvalue weighted by Gasteiger charge is -1.99. The van der Waals surface area contributed by atoms with Gasteiger partial charge in [0.2, 0.25) is 0 Å². The third-order valence-corrected chi connectivity index (χ3v) is 2.74. The maximum absolute atomic E-state index is 12.9. The van der Waals surface area contributed by atoms with E-state index in [4.69, 9.17) is 0 Å².